The average Bonchev–Trinajstić information content (AvgIpc) is 2.84. The number of anilines is 2. The lowest BCUT2D eigenvalue weighted by molar-refractivity contribution is -0.140. The van der Waals surface area contributed by atoms with Crippen molar-refractivity contribution in [2.24, 2.45) is 0 Å². The lowest BCUT2D eigenvalue weighted by Gasteiger charge is -2.37. The summed E-state index contributed by atoms with van der Waals surface area (Å²) in [5.74, 6) is -0.512. The van der Waals surface area contributed by atoms with Crippen molar-refractivity contribution in [3.8, 4) is 11.5 Å². The molecular formula is C26H30F4N6O3. The maximum Gasteiger partial charge on any atom is 0.419 e. The third kappa shape index (κ3) is 5.92. The first-order valence-electron chi connectivity index (χ1n) is 12.2. The van der Waals surface area contributed by atoms with Crippen LogP contribution in [0.1, 0.15) is 36.8 Å². The van der Waals surface area contributed by atoms with Crippen LogP contribution in [0, 0.1) is 12.7 Å². The van der Waals surface area contributed by atoms with Crippen LogP contribution < -0.4 is 20.5 Å². The fourth-order valence-corrected chi connectivity index (χ4v) is 4.64. The standard InChI is InChI=1S/C26H30F4N6O3/c1-13-12-35(4)6-7-36(13)25(37)39-22-10-18-20(11-21(22)38-5)33-15(3)34-24(18)32-14(2)17-8-16(31)9-19(23(17)27)26(28,29)30/h8-11,13-14H,6-7,12,31H2,1-5H3,(H,32,33,34). The number of halogens is 4. The molecule has 1 saturated heterocycles. The Morgan fingerprint density at radius 1 is 1.18 bits per heavy atom. The number of rotatable bonds is 5. The van der Waals surface area contributed by atoms with Crippen LogP contribution in [-0.4, -0.2) is 65.7 Å². The van der Waals surface area contributed by atoms with E-state index in [-0.39, 0.29) is 34.6 Å². The largest absolute Gasteiger partial charge is 0.493 e. The quantitative estimate of drug-likeness (QED) is 0.338. The predicted molar refractivity (Wildman–Crippen MR) is 138 cm³/mol. The van der Waals surface area contributed by atoms with Gasteiger partial charge in [0, 0.05) is 48.4 Å². The van der Waals surface area contributed by atoms with Crippen LogP contribution in [0.3, 0.4) is 0 Å². The van der Waals surface area contributed by atoms with Crippen molar-refractivity contribution < 1.29 is 31.8 Å². The SMILES string of the molecule is COc1cc2nc(C)nc(NC(C)c3cc(N)cc(C(F)(F)F)c3F)c2cc1OC(=O)N1CCN(C)CC1C. The molecular weight excluding hydrogens is 520 g/mol. The van der Waals surface area contributed by atoms with Gasteiger partial charge in [0.15, 0.2) is 11.5 Å². The molecule has 3 N–H and O–H groups in total. The Morgan fingerprint density at radius 2 is 1.90 bits per heavy atom. The Hall–Kier alpha value is -3.87. The van der Waals surface area contributed by atoms with Crippen molar-refractivity contribution in [1.82, 2.24) is 19.8 Å². The molecule has 0 spiro atoms. The second kappa shape index (κ2) is 10.7. The Kier molecular flexibility index (Phi) is 7.73. The van der Waals surface area contributed by atoms with Crippen molar-refractivity contribution in [2.45, 2.75) is 39.0 Å². The number of piperazine rings is 1. The summed E-state index contributed by atoms with van der Waals surface area (Å²) in [7, 11) is 3.40. The average molecular weight is 551 g/mol. The van der Waals surface area contributed by atoms with Crippen LogP contribution in [-0.2, 0) is 6.18 Å². The number of amides is 1. The highest BCUT2D eigenvalue weighted by molar-refractivity contribution is 5.92. The third-order valence-corrected chi connectivity index (χ3v) is 6.60. The first-order valence-corrected chi connectivity index (χ1v) is 12.2. The van der Waals surface area contributed by atoms with E-state index in [0.29, 0.717) is 42.4 Å². The number of nitrogen functional groups attached to an aromatic ring is 1. The van der Waals surface area contributed by atoms with Crippen molar-refractivity contribution in [3.05, 3.63) is 47.0 Å². The highest BCUT2D eigenvalue weighted by Crippen LogP contribution is 2.38. The Bertz CT molecular complexity index is 1400. The fourth-order valence-electron chi connectivity index (χ4n) is 4.64. The second-order valence-corrected chi connectivity index (χ2v) is 9.65. The van der Waals surface area contributed by atoms with E-state index in [4.69, 9.17) is 15.2 Å². The van der Waals surface area contributed by atoms with Crippen LogP contribution in [0.25, 0.3) is 10.9 Å². The molecule has 1 fully saturated rings. The molecule has 0 aliphatic carbocycles. The first-order chi connectivity index (χ1) is 18.3. The molecule has 210 valence electrons. The van der Waals surface area contributed by atoms with Crippen molar-refractivity contribution in [3.63, 3.8) is 0 Å². The molecule has 39 heavy (non-hydrogen) atoms. The smallest absolute Gasteiger partial charge is 0.419 e. The van der Waals surface area contributed by atoms with Crippen molar-refractivity contribution in [1.29, 1.82) is 0 Å². The molecule has 2 atom stereocenters. The number of nitrogens with two attached hydrogens (primary N) is 1. The minimum absolute atomic E-state index is 0.0680. The van der Waals surface area contributed by atoms with Crippen LogP contribution >= 0.6 is 0 Å². The number of carbonyl (C=O) groups is 1. The zero-order valence-electron chi connectivity index (χ0n) is 22.2. The number of carbonyl (C=O) groups excluding carboxylic acids is 1. The normalized spacial score (nSPS) is 17.3. The molecule has 1 aromatic heterocycles. The van der Waals surface area contributed by atoms with Gasteiger partial charge in [-0.15, -0.1) is 0 Å². The van der Waals surface area contributed by atoms with Crippen molar-refractivity contribution >= 4 is 28.5 Å². The molecule has 0 bridgehead atoms. The van der Waals surface area contributed by atoms with Gasteiger partial charge in [0.05, 0.1) is 24.2 Å². The van der Waals surface area contributed by atoms with E-state index in [1.54, 1.807) is 17.9 Å². The highest BCUT2D eigenvalue weighted by Gasteiger charge is 2.36. The summed E-state index contributed by atoms with van der Waals surface area (Å²) in [5, 5.41) is 3.36. The number of hydrogen-bond acceptors (Lipinski definition) is 8. The third-order valence-electron chi connectivity index (χ3n) is 6.60. The van der Waals surface area contributed by atoms with E-state index in [1.165, 1.54) is 20.1 Å². The zero-order valence-corrected chi connectivity index (χ0v) is 22.2. The number of aromatic nitrogens is 2. The van der Waals surface area contributed by atoms with Gasteiger partial charge in [-0.05, 0) is 46.0 Å². The minimum Gasteiger partial charge on any atom is -0.493 e. The van der Waals surface area contributed by atoms with E-state index in [2.05, 4.69) is 20.2 Å². The van der Waals surface area contributed by atoms with Gasteiger partial charge in [0.2, 0.25) is 0 Å². The van der Waals surface area contributed by atoms with Crippen LogP contribution in [0.5, 0.6) is 11.5 Å². The predicted octanol–water partition coefficient (Wildman–Crippen LogP) is 4.99. The number of fused-ring (bicyclic) bond motifs is 1. The summed E-state index contributed by atoms with van der Waals surface area (Å²) in [6, 6.07) is 3.75. The maximum absolute atomic E-state index is 14.9. The molecule has 2 unspecified atom stereocenters. The molecule has 4 rings (SSSR count). The monoisotopic (exact) mass is 550 g/mol. The number of ether oxygens (including phenoxy) is 2. The number of hydrogen-bond donors (Lipinski definition) is 2. The highest BCUT2D eigenvalue weighted by atomic mass is 19.4. The van der Waals surface area contributed by atoms with E-state index in [9.17, 15) is 22.4 Å². The number of benzene rings is 2. The Morgan fingerprint density at radius 3 is 2.54 bits per heavy atom. The summed E-state index contributed by atoms with van der Waals surface area (Å²) in [5.41, 5.74) is 4.12. The van der Waals surface area contributed by atoms with Gasteiger partial charge in [-0.3, -0.25) is 0 Å². The van der Waals surface area contributed by atoms with Gasteiger partial charge < -0.3 is 30.3 Å². The summed E-state index contributed by atoms with van der Waals surface area (Å²) in [6.45, 7) is 6.93. The molecule has 9 nitrogen and oxygen atoms in total. The Labute approximate surface area is 222 Å². The Balaban J connectivity index is 1.71. The van der Waals surface area contributed by atoms with Crippen molar-refractivity contribution in [2.75, 3.05) is 44.8 Å². The zero-order chi connectivity index (χ0) is 28.6. The number of nitrogens with one attached hydrogen (secondary N) is 1. The lowest BCUT2D eigenvalue weighted by Crippen LogP contribution is -2.53. The van der Waals surface area contributed by atoms with Gasteiger partial charge >= 0.3 is 12.3 Å². The summed E-state index contributed by atoms with van der Waals surface area (Å²) in [6.07, 6.45) is -5.46. The summed E-state index contributed by atoms with van der Waals surface area (Å²) >= 11 is 0. The summed E-state index contributed by atoms with van der Waals surface area (Å²) in [4.78, 5) is 25.5. The van der Waals surface area contributed by atoms with Gasteiger partial charge in [-0.2, -0.15) is 13.2 Å². The van der Waals surface area contributed by atoms with Crippen LogP contribution in [0.15, 0.2) is 24.3 Å². The number of nitrogens with zero attached hydrogens (tertiary/aromatic N) is 4. The molecule has 13 heteroatoms. The molecule has 0 radical (unpaired) electrons. The number of alkyl halides is 3. The molecule has 0 saturated carbocycles. The number of likely N-dealkylation sites (N-methyl/N-ethyl adjacent to an activating group) is 1. The molecule has 2 aromatic carbocycles. The van der Waals surface area contributed by atoms with E-state index in [1.807, 2.05) is 14.0 Å². The topological polar surface area (TPSA) is 106 Å². The van der Waals surface area contributed by atoms with Gasteiger partial charge in [0.1, 0.15) is 17.5 Å². The van der Waals surface area contributed by atoms with Crippen LogP contribution in [0.2, 0.25) is 0 Å². The fraction of sp³-hybridized carbons (Fsp3) is 0.423. The first kappa shape index (κ1) is 28.1. The molecule has 1 aliphatic rings. The van der Waals surface area contributed by atoms with E-state index < -0.39 is 29.7 Å². The van der Waals surface area contributed by atoms with Gasteiger partial charge in [-0.25, -0.2) is 19.2 Å². The summed E-state index contributed by atoms with van der Waals surface area (Å²) < 4.78 is 66.1. The number of aryl methyl sites for hydroxylation is 1. The van der Waals surface area contributed by atoms with Gasteiger partial charge in [0.25, 0.3) is 0 Å². The molecule has 1 amide bonds. The van der Waals surface area contributed by atoms with Crippen LogP contribution in [0.4, 0.5) is 33.9 Å². The molecule has 1 aliphatic heterocycles. The molecule has 2 heterocycles. The van der Waals surface area contributed by atoms with Gasteiger partial charge in [-0.1, -0.05) is 0 Å². The van der Waals surface area contributed by atoms with E-state index >= 15 is 0 Å². The molecule has 3 aromatic rings. The maximum atomic E-state index is 14.9. The minimum atomic E-state index is -4.91. The number of methoxy groups -OCH3 is 1. The lowest BCUT2D eigenvalue weighted by atomic mass is 10.0. The second-order valence-electron chi connectivity index (χ2n) is 9.65. The van der Waals surface area contributed by atoms with E-state index in [0.717, 1.165) is 6.07 Å².